The van der Waals surface area contributed by atoms with Gasteiger partial charge in [0.15, 0.2) is 0 Å². The highest BCUT2D eigenvalue weighted by Gasteiger charge is 2.34. The zero-order valence-corrected chi connectivity index (χ0v) is 11.6. The third kappa shape index (κ3) is 4.35. The van der Waals surface area contributed by atoms with Gasteiger partial charge in [0, 0.05) is 11.8 Å². The number of benzene rings is 1. The predicted molar refractivity (Wildman–Crippen MR) is 72.0 cm³/mol. The van der Waals surface area contributed by atoms with E-state index in [0.717, 1.165) is 25.5 Å². The average Bonchev–Trinajstić information content (AvgIpc) is 2.38. The monoisotopic (exact) mass is 302 g/mol. The highest BCUT2D eigenvalue weighted by atomic mass is 19.4. The molecular weight excluding hydrogens is 285 g/mol. The molecule has 0 aromatic heterocycles. The molecule has 116 valence electrons. The van der Waals surface area contributed by atoms with E-state index >= 15 is 0 Å². The van der Waals surface area contributed by atoms with Crippen molar-refractivity contribution in [1.82, 2.24) is 5.32 Å². The molecule has 0 radical (unpaired) electrons. The van der Waals surface area contributed by atoms with E-state index in [1.807, 2.05) is 0 Å². The van der Waals surface area contributed by atoms with Crippen LogP contribution in [0.5, 0.6) is 5.75 Å². The molecule has 1 atom stereocenters. The molecule has 1 aromatic carbocycles. The van der Waals surface area contributed by atoms with E-state index in [-0.39, 0.29) is 17.3 Å². The highest BCUT2D eigenvalue weighted by Crippen LogP contribution is 2.26. The Morgan fingerprint density at radius 2 is 2.14 bits per heavy atom. The van der Waals surface area contributed by atoms with E-state index in [9.17, 15) is 18.0 Å². The fraction of sp³-hybridized carbons (Fsp3) is 0.500. The number of carbonyl (C=O) groups is 1. The largest absolute Gasteiger partial charge is 0.573 e. The first-order valence-electron chi connectivity index (χ1n) is 6.71. The quantitative estimate of drug-likeness (QED) is 0.902. The Bertz CT molecular complexity index is 511. The maximum absolute atomic E-state index is 12.2. The normalized spacial score (nSPS) is 22.7. The van der Waals surface area contributed by atoms with Crippen molar-refractivity contribution in [1.29, 1.82) is 0 Å². The summed E-state index contributed by atoms with van der Waals surface area (Å²) >= 11 is 0. The lowest BCUT2D eigenvalue weighted by Crippen LogP contribution is -2.54. The molecule has 1 saturated heterocycles. The van der Waals surface area contributed by atoms with Gasteiger partial charge in [0.05, 0.1) is 5.54 Å². The molecule has 0 aliphatic carbocycles. The summed E-state index contributed by atoms with van der Waals surface area (Å²) in [4.78, 5) is 12.2. The molecule has 0 saturated carbocycles. The number of anilines is 1. The second-order valence-electron chi connectivity index (χ2n) is 5.25. The lowest BCUT2D eigenvalue weighted by atomic mass is 9.90. The Hall–Kier alpha value is -1.76. The highest BCUT2D eigenvalue weighted by molar-refractivity contribution is 5.98. The van der Waals surface area contributed by atoms with Gasteiger partial charge in [-0.3, -0.25) is 4.79 Å². The molecule has 0 bridgehead atoms. The van der Waals surface area contributed by atoms with E-state index in [1.54, 1.807) is 6.92 Å². The van der Waals surface area contributed by atoms with Crippen molar-refractivity contribution < 1.29 is 22.7 Å². The number of carbonyl (C=O) groups excluding carboxylic acids is 1. The van der Waals surface area contributed by atoms with Crippen LogP contribution in [0.3, 0.4) is 0 Å². The molecule has 7 heteroatoms. The molecule has 1 amide bonds. The van der Waals surface area contributed by atoms with Crippen molar-refractivity contribution in [2.24, 2.45) is 0 Å². The summed E-state index contributed by atoms with van der Waals surface area (Å²) < 4.78 is 40.3. The molecule has 1 aliphatic rings. The number of piperidine rings is 1. The minimum Gasteiger partial charge on any atom is -0.406 e. The Kier molecular flexibility index (Phi) is 4.41. The van der Waals surface area contributed by atoms with Crippen LogP contribution in [0.2, 0.25) is 0 Å². The second kappa shape index (κ2) is 5.93. The maximum Gasteiger partial charge on any atom is 0.573 e. The second-order valence-corrected chi connectivity index (χ2v) is 5.25. The summed E-state index contributed by atoms with van der Waals surface area (Å²) in [5.41, 5.74) is -0.422. The Morgan fingerprint density at radius 1 is 1.38 bits per heavy atom. The van der Waals surface area contributed by atoms with Gasteiger partial charge in [-0.05, 0) is 44.9 Å². The van der Waals surface area contributed by atoms with Crippen LogP contribution in [-0.4, -0.2) is 24.4 Å². The fourth-order valence-corrected chi connectivity index (χ4v) is 2.29. The third-order valence-corrected chi connectivity index (χ3v) is 3.45. The lowest BCUT2D eigenvalue weighted by molar-refractivity contribution is -0.274. The van der Waals surface area contributed by atoms with E-state index in [1.165, 1.54) is 18.2 Å². The summed E-state index contributed by atoms with van der Waals surface area (Å²) in [5.74, 6) is -0.617. The van der Waals surface area contributed by atoms with Gasteiger partial charge in [-0.1, -0.05) is 6.07 Å². The van der Waals surface area contributed by atoms with E-state index in [2.05, 4.69) is 15.4 Å². The van der Waals surface area contributed by atoms with E-state index in [0.29, 0.717) is 6.42 Å². The molecule has 4 nitrogen and oxygen atoms in total. The number of rotatable bonds is 3. The Morgan fingerprint density at radius 3 is 2.76 bits per heavy atom. The van der Waals surface area contributed by atoms with Gasteiger partial charge < -0.3 is 15.4 Å². The SMILES string of the molecule is CC1(C(=O)Nc2cccc(OC(F)(F)F)c2)CCCCN1. The Balaban J connectivity index is 2.05. The number of hydrogen-bond acceptors (Lipinski definition) is 3. The third-order valence-electron chi connectivity index (χ3n) is 3.45. The van der Waals surface area contributed by atoms with Crippen molar-refractivity contribution in [3.05, 3.63) is 24.3 Å². The molecule has 0 spiro atoms. The number of amides is 1. The fourth-order valence-electron chi connectivity index (χ4n) is 2.29. The van der Waals surface area contributed by atoms with Crippen LogP contribution in [0.1, 0.15) is 26.2 Å². The maximum atomic E-state index is 12.2. The number of alkyl halides is 3. The molecule has 2 rings (SSSR count). The van der Waals surface area contributed by atoms with Crippen LogP contribution >= 0.6 is 0 Å². The molecule has 1 aliphatic heterocycles. The van der Waals surface area contributed by atoms with Crippen LogP contribution in [0.4, 0.5) is 18.9 Å². The van der Waals surface area contributed by atoms with Crippen molar-refractivity contribution >= 4 is 11.6 Å². The van der Waals surface area contributed by atoms with Gasteiger partial charge in [-0.15, -0.1) is 13.2 Å². The van der Waals surface area contributed by atoms with E-state index in [4.69, 9.17) is 0 Å². The molecular formula is C14H17F3N2O2. The van der Waals surface area contributed by atoms with Gasteiger partial charge in [-0.25, -0.2) is 0 Å². The smallest absolute Gasteiger partial charge is 0.406 e. The van der Waals surface area contributed by atoms with Gasteiger partial charge >= 0.3 is 6.36 Å². The van der Waals surface area contributed by atoms with Gasteiger partial charge in [0.25, 0.3) is 0 Å². The van der Waals surface area contributed by atoms with Gasteiger partial charge in [0.2, 0.25) is 5.91 Å². The van der Waals surface area contributed by atoms with Crippen LogP contribution in [-0.2, 0) is 4.79 Å². The Labute approximate surface area is 120 Å². The van der Waals surface area contributed by atoms with Crippen LogP contribution in [0, 0.1) is 0 Å². The lowest BCUT2D eigenvalue weighted by Gasteiger charge is -2.33. The zero-order valence-electron chi connectivity index (χ0n) is 11.6. The number of halogens is 3. The minimum atomic E-state index is -4.75. The van der Waals surface area contributed by atoms with Crippen molar-refractivity contribution in [2.45, 2.75) is 38.1 Å². The summed E-state index contributed by atoms with van der Waals surface area (Å²) in [6, 6.07) is 5.25. The molecule has 1 fully saturated rings. The van der Waals surface area contributed by atoms with Crippen LogP contribution in [0.15, 0.2) is 24.3 Å². The minimum absolute atomic E-state index is 0.258. The van der Waals surface area contributed by atoms with Crippen molar-refractivity contribution in [3.63, 3.8) is 0 Å². The molecule has 1 heterocycles. The number of ether oxygens (including phenoxy) is 1. The molecule has 1 unspecified atom stereocenters. The number of hydrogen-bond donors (Lipinski definition) is 2. The van der Waals surface area contributed by atoms with Gasteiger partial charge in [0.1, 0.15) is 5.75 Å². The summed E-state index contributed by atoms with van der Waals surface area (Å²) in [6.45, 7) is 2.54. The first kappa shape index (κ1) is 15.6. The van der Waals surface area contributed by atoms with E-state index < -0.39 is 11.9 Å². The van der Waals surface area contributed by atoms with Gasteiger partial charge in [-0.2, -0.15) is 0 Å². The standard InChI is InChI=1S/C14H17F3N2O2/c1-13(7-2-3-8-18-13)12(20)19-10-5-4-6-11(9-10)21-14(15,16)17/h4-6,9,18H,2-3,7-8H2,1H3,(H,19,20). The summed E-state index contributed by atoms with van der Waals surface area (Å²) in [6.07, 6.45) is -2.11. The van der Waals surface area contributed by atoms with Crippen molar-refractivity contribution in [3.8, 4) is 5.75 Å². The molecule has 21 heavy (non-hydrogen) atoms. The zero-order chi connectivity index (χ0) is 15.5. The van der Waals surface area contributed by atoms with Crippen molar-refractivity contribution in [2.75, 3.05) is 11.9 Å². The van der Waals surface area contributed by atoms with Crippen LogP contribution < -0.4 is 15.4 Å². The topological polar surface area (TPSA) is 50.4 Å². The average molecular weight is 302 g/mol. The summed E-state index contributed by atoms with van der Waals surface area (Å²) in [7, 11) is 0. The first-order chi connectivity index (χ1) is 9.78. The number of nitrogens with one attached hydrogen (secondary N) is 2. The molecule has 2 N–H and O–H groups in total. The first-order valence-corrected chi connectivity index (χ1v) is 6.71. The molecule has 1 aromatic rings. The summed E-state index contributed by atoms with van der Waals surface area (Å²) in [5, 5.41) is 5.77. The van der Waals surface area contributed by atoms with Crippen LogP contribution in [0.25, 0.3) is 0 Å². The predicted octanol–water partition coefficient (Wildman–Crippen LogP) is 3.06.